The fourth-order valence-electron chi connectivity index (χ4n) is 2.80. The monoisotopic (exact) mass is 455 g/mol. The molecule has 7 heteroatoms. The maximum atomic E-state index is 12.2. The number of hydrogen-bond acceptors (Lipinski definition) is 4. The van der Waals surface area contributed by atoms with Gasteiger partial charge in [-0.15, -0.1) is 0 Å². The van der Waals surface area contributed by atoms with E-state index in [0.717, 1.165) is 21.3 Å². The smallest absolute Gasteiger partial charge is 0.266 e. The number of aromatic nitrogens is 2. The maximum absolute atomic E-state index is 12.2. The van der Waals surface area contributed by atoms with Crippen molar-refractivity contribution in [2.75, 3.05) is 6.61 Å². The van der Waals surface area contributed by atoms with Crippen molar-refractivity contribution in [3.05, 3.63) is 81.1 Å². The molecule has 0 atom stereocenters. The van der Waals surface area contributed by atoms with E-state index in [-0.39, 0.29) is 24.4 Å². The summed E-state index contributed by atoms with van der Waals surface area (Å²) in [5.41, 5.74) is 2.31. The van der Waals surface area contributed by atoms with E-state index in [1.165, 1.54) is 10.7 Å². The molecule has 3 rings (SSSR count). The van der Waals surface area contributed by atoms with E-state index in [1.54, 1.807) is 6.07 Å². The molecular formula is C22H22BrN3O3. The zero-order valence-corrected chi connectivity index (χ0v) is 17.7. The summed E-state index contributed by atoms with van der Waals surface area (Å²) >= 11 is 3.41. The SMILES string of the molecule is CCOc1ccc(-c2ccc(=O)n(CCC(=O)NCc3cccc(Br)c3)n2)cc1. The molecule has 0 aliphatic heterocycles. The second kappa shape index (κ2) is 10.0. The van der Waals surface area contributed by atoms with Gasteiger partial charge in [0.1, 0.15) is 5.75 Å². The first kappa shape index (κ1) is 20.8. The van der Waals surface area contributed by atoms with Crippen molar-refractivity contribution in [1.82, 2.24) is 15.1 Å². The number of carbonyl (C=O) groups excluding carboxylic acids is 1. The Hall–Kier alpha value is -2.93. The highest BCUT2D eigenvalue weighted by atomic mass is 79.9. The van der Waals surface area contributed by atoms with E-state index >= 15 is 0 Å². The molecule has 0 spiro atoms. The minimum absolute atomic E-state index is 0.134. The molecule has 150 valence electrons. The highest BCUT2D eigenvalue weighted by Crippen LogP contribution is 2.20. The third kappa shape index (κ3) is 6.02. The lowest BCUT2D eigenvalue weighted by atomic mass is 10.1. The van der Waals surface area contributed by atoms with E-state index < -0.39 is 0 Å². The lowest BCUT2D eigenvalue weighted by Gasteiger charge is -2.09. The lowest BCUT2D eigenvalue weighted by Crippen LogP contribution is -2.28. The molecule has 0 unspecified atom stereocenters. The van der Waals surface area contributed by atoms with Crippen LogP contribution in [0.5, 0.6) is 5.75 Å². The van der Waals surface area contributed by atoms with Crippen LogP contribution < -0.4 is 15.6 Å². The van der Waals surface area contributed by atoms with Crippen LogP contribution in [0.1, 0.15) is 18.9 Å². The first-order valence-corrected chi connectivity index (χ1v) is 10.2. The second-order valence-electron chi connectivity index (χ2n) is 6.39. The van der Waals surface area contributed by atoms with Crippen LogP contribution in [-0.4, -0.2) is 22.3 Å². The van der Waals surface area contributed by atoms with Crippen LogP contribution in [0.2, 0.25) is 0 Å². The number of aryl methyl sites for hydroxylation is 1. The van der Waals surface area contributed by atoms with Gasteiger partial charge in [0.05, 0.1) is 18.8 Å². The quantitative estimate of drug-likeness (QED) is 0.560. The summed E-state index contributed by atoms with van der Waals surface area (Å²) in [5.74, 6) is 0.650. The predicted octanol–water partition coefficient (Wildman–Crippen LogP) is 3.78. The van der Waals surface area contributed by atoms with Gasteiger partial charge in [-0.3, -0.25) is 9.59 Å². The Morgan fingerprint density at radius 3 is 2.66 bits per heavy atom. The van der Waals surface area contributed by atoms with Gasteiger partial charge in [0.15, 0.2) is 0 Å². The van der Waals surface area contributed by atoms with Crippen molar-refractivity contribution in [2.45, 2.75) is 26.4 Å². The van der Waals surface area contributed by atoms with Crippen molar-refractivity contribution < 1.29 is 9.53 Å². The van der Waals surface area contributed by atoms with Crippen LogP contribution in [0.15, 0.2) is 69.9 Å². The molecule has 29 heavy (non-hydrogen) atoms. The van der Waals surface area contributed by atoms with Crippen molar-refractivity contribution in [3.8, 4) is 17.0 Å². The molecule has 0 fully saturated rings. The Bertz CT molecular complexity index is 1030. The molecule has 0 aliphatic carbocycles. The molecule has 0 bridgehead atoms. The number of ether oxygens (including phenoxy) is 1. The third-order valence-corrected chi connectivity index (χ3v) is 4.75. The molecule has 0 saturated heterocycles. The van der Waals surface area contributed by atoms with E-state index in [4.69, 9.17) is 4.74 Å². The fourth-order valence-corrected chi connectivity index (χ4v) is 3.24. The Labute approximate surface area is 177 Å². The lowest BCUT2D eigenvalue weighted by molar-refractivity contribution is -0.121. The largest absolute Gasteiger partial charge is 0.494 e. The zero-order chi connectivity index (χ0) is 20.6. The van der Waals surface area contributed by atoms with Gasteiger partial charge in [0.2, 0.25) is 5.91 Å². The van der Waals surface area contributed by atoms with E-state index in [9.17, 15) is 9.59 Å². The van der Waals surface area contributed by atoms with E-state index in [1.807, 2.05) is 55.5 Å². The number of carbonyl (C=O) groups is 1. The van der Waals surface area contributed by atoms with Crippen molar-refractivity contribution >= 4 is 21.8 Å². The van der Waals surface area contributed by atoms with Gasteiger partial charge in [-0.05, 0) is 55.0 Å². The Kier molecular flexibility index (Phi) is 7.19. The van der Waals surface area contributed by atoms with Gasteiger partial charge in [0, 0.05) is 29.1 Å². The summed E-state index contributed by atoms with van der Waals surface area (Å²) in [7, 11) is 0. The maximum Gasteiger partial charge on any atom is 0.266 e. The van der Waals surface area contributed by atoms with E-state index in [2.05, 4.69) is 26.3 Å². The van der Waals surface area contributed by atoms with Crippen LogP contribution >= 0.6 is 15.9 Å². The minimum Gasteiger partial charge on any atom is -0.494 e. The number of amides is 1. The fraction of sp³-hybridized carbons (Fsp3) is 0.227. The predicted molar refractivity (Wildman–Crippen MR) is 116 cm³/mol. The number of rotatable bonds is 8. The number of benzene rings is 2. The third-order valence-electron chi connectivity index (χ3n) is 4.26. The summed E-state index contributed by atoms with van der Waals surface area (Å²) < 4.78 is 7.73. The number of nitrogens with one attached hydrogen (secondary N) is 1. The first-order chi connectivity index (χ1) is 14.0. The average molecular weight is 456 g/mol. The zero-order valence-electron chi connectivity index (χ0n) is 16.1. The summed E-state index contributed by atoms with van der Waals surface area (Å²) in [6.45, 7) is 3.19. The van der Waals surface area contributed by atoms with Crippen molar-refractivity contribution in [3.63, 3.8) is 0 Å². The van der Waals surface area contributed by atoms with Crippen LogP contribution in [0.4, 0.5) is 0 Å². The molecule has 0 radical (unpaired) electrons. The number of hydrogen-bond donors (Lipinski definition) is 1. The normalized spacial score (nSPS) is 10.6. The van der Waals surface area contributed by atoms with Crippen molar-refractivity contribution in [1.29, 1.82) is 0 Å². The Morgan fingerprint density at radius 1 is 1.14 bits per heavy atom. The van der Waals surface area contributed by atoms with Crippen LogP contribution in [-0.2, 0) is 17.9 Å². The molecule has 1 N–H and O–H groups in total. The van der Waals surface area contributed by atoms with Gasteiger partial charge >= 0.3 is 0 Å². The summed E-state index contributed by atoms with van der Waals surface area (Å²) in [4.78, 5) is 24.3. The van der Waals surface area contributed by atoms with Crippen LogP contribution in [0, 0.1) is 0 Å². The van der Waals surface area contributed by atoms with Gasteiger partial charge in [-0.25, -0.2) is 4.68 Å². The topological polar surface area (TPSA) is 73.2 Å². The molecule has 3 aromatic rings. The van der Waals surface area contributed by atoms with Crippen LogP contribution in [0.25, 0.3) is 11.3 Å². The molecule has 2 aromatic carbocycles. The highest BCUT2D eigenvalue weighted by molar-refractivity contribution is 9.10. The molecular weight excluding hydrogens is 434 g/mol. The Morgan fingerprint density at radius 2 is 1.93 bits per heavy atom. The summed E-state index contributed by atoms with van der Waals surface area (Å²) in [6.07, 6.45) is 0.174. The first-order valence-electron chi connectivity index (χ1n) is 9.37. The second-order valence-corrected chi connectivity index (χ2v) is 7.31. The average Bonchev–Trinajstić information content (AvgIpc) is 2.72. The van der Waals surface area contributed by atoms with Gasteiger partial charge < -0.3 is 10.1 Å². The molecule has 1 amide bonds. The van der Waals surface area contributed by atoms with Gasteiger partial charge in [-0.2, -0.15) is 5.10 Å². The van der Waals surface area contributed by atoms with E-state index in [0.29, 0.717) is 18.8 Å². The minimum atomic E-state index is -0.237. The molecule has 0 saturated carbocycles. The van der Waals surface area contributed by atoms with Gasteiger partial charge in [0.25, 0.3) is 5.56 Å². The molecule has 1 aromatic heterocycles. The van der Waals surface area contributed by atoms with Crippen LogP contribution in [0.3, 0.4) is 0 Å². The molecule has 1 heterocycles. The van der Waals surface area contributed by atoms with Gasteiger partial charge in [-0.1, -0.05) is 28.1 Å². The number of halogens is 1. The Balaban J connectivity index is 1.61. The summed E-state index contributed by atoms with van der Waals surface area (Å²) in [5, 5.41) is 7.26. The highest BCUT2D eigenvalue weighted by Gasteiger charge is 2.07. The number of nitrogens with zero attached hydrogens (tertiary/aromatic N) is 2. The summed E-state index contributed by atoms with van der Waals surface area (Å²) in [6, 6.07) is 18.4. The molecule has 0 aliphatic rings. The molecule has 6 nitrogen and oxygen atoms in total. The van der Waals surface area contributed by atoms with Crippen molar-refractivity contribution in [2.24, 2.45) is 0 Å². The standard InChI is InChI=1S/C22H22BrN3O3/c1-2-29-19-8-6-17(7-9-19)20-10-11-22(28)26(25-20)13-12-21(27)24-15-16-4-3-5-18(23)14-16/h3-11,14H,2,12-13,15H2,1H3,(H,24,27).